The molecule has 2 aromatic carbocycles. The predicted molar refractivity (Wildman–Crippen MR) is 104 cm³/mol. The Labute approximate surface area is 157 Å². The number of halogens is 1. The Kier molecular flexibility index (Phi) is 7.82. The second-order valence-corrected chi connectivity index (χ2v) is 6.88. The first-order chi connectivity index (χ1) is 12.1. The molecule has 1 atom stereocenters. The number of amides is 2. The van der Waals surface area contributed by atoms with Crippen molar-refractivity contribution in [3.8, 4) is 0 Å². The van der Waals surface area contributed by atoms with Crippen LogP contribution < -0.4 is 10.6 Å². The van der Waals surface area contributed by atoms with E-state index >= 15 is 0 Å². The summed E-state index contributed by atoms with van der Waals surface area (Å²) in [4.78, 5) is 24.9. The Balaban J connectivity index is 2.00. The molecule has 6 heteroatoms. The summed E-state index contributed by atoms with van der Waals surface area (Å²) in [7, 11) is 0. The SMILES string of the molecule is CSCC[C@@H](NC(=O)c1ccccc1Cl)C(=O)NCc1ccccc1. The molecule has 25 heavy (non-hydrogen) atoms. The van der Waals surface area contributed by atoms with Crippen molar-refractivity contribution in [2.24, 2.45) is 0 Å². The van der Waals surface area contributed by atoms with Gasteiger partial charge < -0.3 is 10.6 Å². The third-order valence-corrected chi connectivity index (χ3v) is 4.63. The van der Waals surface area contributed by atoms with Crippen LogP contribution in [0.25, 0.3) is 0 Å². The van der Waals surface area contributed by atoms with Gasteiger partial charge in [0.05, 0.1) is 10.6 Å². The van der Waals surface area contributed by atoms with Crippen LogP contribution in [-0.2, 0) is 11.3 Å². The fraction of sp³-hybridized carbons (Fsp3) is 0.263. The maximum atomic E-state index is 12.5. The van der Waals surface area contributed by atoms with Crippen LogP contribution in [0.2, 0.25) is 5.02 Å². The average Bonchev–Trinajstić information content (AvgIpc) is 2.64. The lowest BCUT2D eigenvalue weighted by Crippen LogP contribution is -2.47. The first kappa shape index (κ1) is 19.3. The molecule has 0 aliphatic rings. The van der Waals surface area contributed by atoms with Gasteiger partial charge >= 0.3 is 0 Å². The normalized spacial score (nSPS) is 11.6. The van der Waals surface area contributed by atoms with Gasteiger partial charge in [-0.3, -0.25) is 9.59 Å². The van der Waals surface area contributed by atoms with Gasteiger partial charge in [-0.2, -0.15) is 11.8 Å². The molecule has 0 aliphatic carbocycles. The molecule has 0 radical (unpaired) electrons. The molecule has 0 bridgehead atoms. The van der Waals surface area contributed by atoms with Crippen LogP contribution in [0.3, 0.4) is 0 Å². The Hall–Kier alpha value is -1.98. The lowest BCUT2D eigenvalue weighted by molar-refractivity contribution is -0.123. The van der Waals surface area contributed by atoms with Crippen molar-refractivity contribution >= 4 is 35.2 Å². The number of hydrogen-bond acceptors (Lipinski definition) is 3. The number of rotatable bonds is 8. The average molecular weight is 377 g/mol. The van der Waals surface area contributed by atoms with E-state index in [-0.39, 0.29) is 11.8 Å². The summed E-state index contributed by atoms with van der Waals surface area (Å²) in [5.74, 6) is 0.233. The monoisotopic (exact) mass is 376 g/mol. The van der Waals surface area contributed by atoms with Crippen molar-refractivity contribution in [3.63, 3.8) is 0 Å². The molecule has 2 N–H and O–H groups in total. The van der Waals surface area contributed by atoms with Crippen LogP contribution in [0, 0.1) is 0 Å². The summed E-state index contributed by atoms with van der Waals surface area (Å²) < 4.78 is 0. The van der Waals surface area contributed by atoms with Gasteiger partial charge in [0.1, 0.15) is 6.04 Å². The summed E-state index contributed by atoms with van der Waals surface area (Å²) in [6, 6.07) is 15.9. The minimum absolute atomic E-state index is 0.196. The van der Waals surface area contributed by atoms with E-state index in [1.165, 1.54) is 0 Å². The van der Waals surface area contributed by atoms with Gasteiger partial charge in [0, 0.05) is 6.54 Å². The molecule has 0 aliphatic heterocycles. The van der Waals surface area contributed by atoms with Crippen molar-refractivity contribution in [2.75, 3.05) is 12.0 Å². The zero-order valence-electron chi connectivity index (χ0n) is 14.0. The number of carbonyl (C=O) groups is 2. The van der Waals surface area contributed by atoms with Crippen LogP contribution in [0.5, 0.6) is 0 Å². The first-order valence-corrected chi connectivity index (χ1v) is 9.75. The second kappa shape index (κ2) is 10.1. The number of carbonyl (C=O) groups excluding carboxylic acids is 2. The van der Waals surface area contributed by atoms with Crippen molar-refractivity contribution < 1.29 is 9.59 Å². The fourth-order valence-electron chi connectivity index (χ4n) is 2.29. The number of nitrogens with one attached hydrogen (secondary N) is 2. The summed E-state index contributed by atoms with van der Waals surface area (Å²) in [5.41, 5.74) is 1.38. The van der Waals surface area contributed by atoms with E-state index in [4.69, 9.17) is 11.6 Å². The highest BCUT2D eigenvalue weighted by Gasteiger charge is 2.21. The molecule has 0 saturated heterocycles. The maximum Gasteiger partial charge on any atom is 0.253 e. The largest absolute Gasteiger partial charge is 0.350 e. The van der Waals surface area contributed by atoms with Gasteiger partial charge in [-0.15, -0.1) is 0 Å². The maximum absolute atomic E-state index is 12.5. The standard InChI is InChI=1S/C19H21ClN2O2S/c1-25-12-11-17(19(24)21-13-14-7-3-2-4-8-14)22-18(23)15-9-5-6-10-16(15)20/h2-10,17H,11-13H2,1H3,(H,21,24)(H,22,23)/t17-/m1/s1. The van der Waals surface area contributed by atoms with Gasteiger partial charge in [-0.1, -0.05) is 54.1 Å². The Bertz CT molecular complexity index is 710. The summed E-state index contributed by atoms with van der Waals surface area (Å²) in [6.07, 6.45) is 2.52. The molecule has 0 heterocycles. The van der Waals surface area contributed by atoms with Crippen molar-refractivity contribution in [1.82, 2.24) is 10.6 Å². The van der Waals surface area contributed by atoms with Gasteiger partial charge in [-0.05, 0) is 36.1 Å². The summed E-state index contributed by atoms with van der Waals surface area (Å²) in [5, 5.41) is 6.05. The highest BCUT2D eigenvalue weighted by atomic mass is 35.5. The van der Waals surface area contributed by atoms with E-state index in [0.717, 1.165) is 11.3 Å². The number of hydrogen-bond donors (Lipinski definition) is 2. The molecule has 0 unspecified atom stereocenters. The topological polar surface area (TPSA) is 58.2 Å². The molecule has 2 amide bonds. The predicted octanol–water partition coefficient (Wildman–Crippen LogP) is 3.51. The number of thioether (sulfide) groups is 1. The van der Waals surface area contributed by atoms with Crippen LogP contribution in [0.1, 0.15) is 22.3 Å². The molecule has 0 fully saturated rings. The zero-order chi connectivity index (χ0) is 18.1. The van der Waals surface area contributed by atoms with Crippen molar-refractivity contribution in [2.45, 2.75) is 19.0 Å². The molecule has 2 aromatic rings. The van der Waals surface area contributed by atoms with Crippen molar-refractivity contribution in [3.05, 3.63) is 70.7 Å². The minimum Gasteiger partial charge on any atom is -0.350 e. The van der Waals surface area contributed by atoms with Gasteiger partial charge in [0.15, 0.2) is 0 Å². The van der Waals surface area contributed by atoms with E-state index < -0.39 is 6.04 Å². The fourth-order valence-corrected chi connectivity index (χ4v) is 2.99. The van der Waals surface area contributed by atoms with Gasteiger partial charge in [0.2, 0.25) is 5.91 Å². The van der Waals surface area contributed by atoms with Crippen LogP contribution >= 0.6 is 23.4 Å². The van der Waals surface area contributed by atoms with E-state index in [0.29, 0.717) is 23.6 Å². The molecular formula is C19H21ClN2O2S. The smallest absolute Gasteiger partial charge is 0.253 e. The second-order valence-electron chi connectivity index (χ2n) is 5.49. The molecule has 4 nitrogen and oxygen atoms in total. The quantitative estimate of drug-likeness (QED) is 0.741. The Morgan fingerprint density at radius 3 is 2.44 bits per heavy atom. The third-order valence-electron chi connectivity index (χ3n) is 3.66. The first-order valence-electron chi connectivity index (χ1n) is 7.97. The van der Waals surface area contributed by atoms with Gasteiger partial charge in [0.25, 0.3) is 5.91 Å². The van der Waals surface area contributed by atoms with Crippen molar-refractivity contribution in [1.29, 1.82) is 0 Å². The number of benzene rings is 2. The summed E-state index contributed by atoms with van der Waals surface area (Å²) in [6.45, 7) is 0.428. The van der Waals surface area contributed by atoms with Gasteiger partial charge in [-0.25, -0.2) is 0 Å². The lowest BCUT2D eigenvalue weighted by Gasteiger charge is -2.18. The van der Waals surface area contributed by atoms with E-state index in [9.17, 15) is 9.59 Å². The molecule has 0 saturated carbocycles. The van der Waals surface area contributed by atoms with Crippen LogP contribution in [0.15, 0.2) is 54.6 Å². The van der Waals surface area contributed by atoms with Crippen LogP contribution in [-0.4, -0.2) is 29.9 Å². The molecule has 2 rings (SSSR count). The highest BCUT2D eigenvalue weighted by molar-refractivity contribution is 7.98. The van der Waals surface area contributed by atoms with E-state index in [2.05, 4.69) is 10.6 Å². The van der Waals surface area contributed by atoms with E-state index in [1.54, 1.807) is 36.0 Å². The highest BCUT2D eigenvalue weighted by Crippen LogP contribution is 2.15. The third kappa shape index (κ3) is 6.11. The van der Waals surface area contributed by atoms with E-state index in [1.807, 2.05) is 36.6 Å². The molecular weight excluding hydrogens is 356 g/mol. The zero-order valence-corrected chi connectivity index (χ0v) is 15.6. The molecule has 0 spiro atoms. The molecule has 0 aromatic heterocycles. The molecule has 132 valence electrons. The summed E-state index contributed by atoms with van der Waals surface area (Å²) >= 11 is 7.69. The lowest BCUT2D eigenvalue weighted by atomic mass is 10.1. The Morgan fingerprint density at radius 2 is 1.76 bits per heavy atom. The Morgan fingerprint density at radius 1 is 1.08 bits per heavy atom. The van der Waals surface area contributed by atoms with Crippen LogP contribution in [0.4, 0.5) is 0 Å². The minimum atomic E-state index is -0.597.